The molecule has 0 aliphatic heterocycles. The van der Waals surface area contributed by atoms with E-state index in [0.29, 0.717) is 30.1 Å². The molecule has 1 saturated carbocycles. The van der Waals surface area contributed by atoms with Gasteiger partial charge in [-0.2, -0.15) is 0 Å². The Morgan fingerprint density at radius 3 is 2.46 bits per heavy atom. The molecule has 144 valence electrons. The van der Waals surface area contributed by atoms with Gasteiger partial charge in [0.25, 0.3) is 5.91 Å². The lowest BCUT2D eigenvalue weighted by molar-refractivity contribution is 0.0955. The molecule has 26 heavy (non-hydrogen) atoms. The first-order chi connectivity index (χ1) is 12.4. The second-order valence-corrected chi connectivity index (χ2v) is 7.65. The van der Waals surface area contributed by atoms with E-state index in [1.54, 1.807) is 12.1 Å². The van der Waals surface area contributed by atoms with E-state index < -0.39 is 0 Å². The van der Waals surface area contributed by atoms with Crippen molar-refractivity contribution in [3.8, 4) is 5.75 Å². The lowest BCUT2D eigenvalue weighted by Crippen LogP contribution is -2.46. The number of aliphatic imine (C=N–C) groups is 1. The van der Waals surface area contributed by atoms with Gasteiger partial charge >= 0.3 is 0 Å². The van der Waals surface area contributed by atoms with Crippen LogP contribution in [0.4, 0.5) is 0 Å². The second-order valence-electron chi connectivity index (χ2n) is 7.65. The van der Waals surface area contributed by atoms with Gasteiger partial charge in [-0.3, -0.25) is 9.79 Å². The summed E-state index contributed by atoms with van der Waals surface area (Å²) in [7, 11) is 0. The van der Waals surface area contributed by atoms with E-state index in [9.17, 15) is 9.90 Å². The summed E-state index contributed by atoms with van der Waals surface area (Å²) in [6.45, 7) is 8.50. The Bertz CT molecular complexity index is 601. The summed E-state index contributed by atoms with van der Waals surface area (Å²) < 4.78 is 0. The van der Waals surface area contributed by atoms with Crippen molar-refractivity contribution in [2.24, 2.45) is 10.4 Å². The van der Waals surface area contributed by atoms with E-state index in [1.165, 1.54) is 25.0 Å². The molecular formula is C20H32N4O2. The molecule has 1 fully saturated rings. The molecule has 0 bridgehead atoms. The van der Waals surface area contributed by atoms with Crippen LogP contribution < -0.4 is 16.0 Å². The Hall–Kier alpha value is -2.24. The molecule has 6 nitrogen and oxygen atoms in total. The Balaban J connectivity index is 1.77. The molecule has 0 heterocycles. The van der Waals surface area contributed by atoms with Crippen LogP contribution in [0, 0.1) is 5.41 Å². The number of phenols is 1. The number of carbonyl (C=O) groups is 1. The van der Waals surface area contributed by atoms with Gasteiger partial charge in [-0.1, -0.05) is 13.8 Å². The van der Waals surface area contributed by atoms with Crippen molar-refractivity contribution in [3.63, 3.8) is 0 Å². The number of benzene rings is 1. The van der Waals surface area contributed by atoms with E-state index in [4.69, 9.17) is 0 Å². The average Bonchev–Trinajstić information content (AvgIpc) is 2.61. The fourth-order valence-electron chi connectivity index (χ4n) is 3.11. The van der Waals surface area contributed by atoms with Gasteiger partial charge in [0.05, 0.1) is 6.54 Å². The Morgan fingerprint density at radius 1 is 1.19 bits per heavy atom. The second kappa shape index (κ2) is 9.46. The van der Waals surface area contributed by atoms with Gasteiger partial charge < -0.3 is 21.1 Å². The number of nitrogens with zero attached hydrogens (tertiary/aromatic N) is 1. The normalized spacial score (nSPS) is 17.6. The molecule has 4 N–H and O–H groups in total. The summed E-state index contributed by atoms with van der Waals surface area (Å²) in [5, 5.41) is 18.9. The fourth-order valence-corrected chi connectivity index (χ4v) is 3.11. The minimum atomic E-state index is -0.160. The van der Waals surface area contributed by atoms with Crippen LogP contribution in [0.25, 0.3) is 0 Å². The van der Waals surface area contributed by atoms with Crippen molar-refractivity contribution in [1.29, 1.82) is 0 Å². The molecule has 6 heteroatoms. The van der Waals surface area contributed by atoms with E-state index in [0.717, 1.165) is 25.3 Å². The van der Waals surface area contributed by atoms with Crippen molar-refractivity contribution in [1.82, 2.24) is 16.0 Å². The number of rotatable bonds is 6. The molecule has 1 aromatic rings. The molecule has 1 amide bonds. The number of phenolic OH excluding ortho intramolecular Hbond substituents is 1. The number of carbonyl (C=O) groups excluding carboxylic acids is 1. The fraction of sp³-hybridized carbons (Fsp3) is 0.600. The minimum Gasteiger partial charge on any atom is -0.508 e. The van der Waals surface area contributed by atoms with Crippen molar-refractivity contribution in [3.05, 3.63) is 29.8 Å². The average molecular weight is 361 g/mol. The highest BCUT2D eigenvalue weighted by molar-refractivity contribution is 5.94. The zero-order chi connectivity index (χ0) is 19.0. The largest absolute Gasteiger partial charge is 0.508 e. The van der Waals surface area contributed by atoms with Crippen molar-refractivity contribution in [2.75, 3.05) is 19.6 Å². The Morgan fingerprint density at radius 2 is 1.85 bits per heavy atom. The van der Waals surface area contributed by atoms with Crippen LogP contribution >= 0.6 is 0 Å². The molecule has 0 spiro atoms. The number of aromatic hydroxyl groups is 1. The first-order valence-electron chi connectivity index (χ1n) is 9.52. The standard InChI is InChI=1S/C20H32N4O2/c1-4-21-19(24-16-9-11-20(2,3)12-10-16)23-14-13-22-18(26)15-5-7-17(25)8-6-15/h5-8,16,25H,4,9-14H2,1-3H3,(H,22,26)(H2,21,23,24). The molecule has 0 atom stereocenters. The summed E-state index contributed by atoms with van der Waals surface area (Å²) in [5.41, 5.74) is 0.980. The number of nitrogens with one attached hydrogen (secondary N) is 3. The molecule has 0 unspecified atom stereocenters. The highest BCUT2D eigenvalue weighted by Gasteiger charge is 2.27. The lowest BCUT2D eigenvalue weighted by Gasteiger charge is -2.35. The Labute approximate surface area is 156 Å². The molecule has 1 aromatic carbocycles. The molecule has 0 radical (unpaired) electrons. The maximum Gasteiger partial charge on any atom is 0.251 e. The van der Waals surface area contributed by atoms with Crippen LogP contribution in [0.3, 0.4) is 0 Å². The molecule has 0 aromatic heterocycles. The van der Waals surface area contributed by atoms with Crippen LogP contribution in [-0.2, 0) is 0 Å². The van der Waals surface area contributed by atoms with Crippen molar-refractivity contribution >= 4 is 11.9 Å². The van der Waals surface area contributed by atoms with Crippen LogP contribution in [0.5, 0.6) is 5.75 Å². The van der Waals surface area contributed by atoms with Gasteiger partial charge in [0.1, 0.15) is 5.75 Å². The summed E-state index contributed by atoms with van der Waals surface area (Å²) in [6.07, 6.45) is 4.78. The number of hydrogen-bond acceptors (Lipinski definition) is 3. The van der Waals surface area contributed by atoms with E-state index in [-0.39, 0.29) is 11.7 Å². The van der Waals surface area contributed by atoms with E-state index in [2.05, 4.69) is 34.8 Å². The first-order valence-corrected chi connectivity index (χ1v) is 9.52. The van der Waals surface area contributed by atoms with Crippen molar-refractivity contribution < 1.29 is 9.90 Å². The highest BCUT2D eigenvalue weighted by atomic mass is 16.3. The van der Waals surface area contributed by atoms with Gasteiger partial charge in [-0.25, -0.2) is 0 Å². The monoisotopic (exact) mass is 360 g/mol. The summed E-state index contributed by atoms with van der Waals surface area (Å²) in [5.74, 6) is 0.808. The van der Waals surface area contributed by atoms with Crippen LogP contribution in [-0.4, -0.2) is 42.6 Å². The Kier molecular flexibility index (Phi) is 7.30. The topological polar surface area (TPSA) is 85.8 Å². The van der Waals surface area contributed by atoms with Crippen molar-refractivity contribution in [2.45, 2.75) is 52.5 Å². The van der Waals surface area contributed by atoms with Crippen LogP contribution in [0.15, 0.2) is 29.3 Å². The van der Waals surface area contributed by atoms with Gasteiger partial charge in [0.15, 0.2) is 5.96 Å². The van der Waals surface area contributed by atoms with Crippen LogP contribution in [0.1, 0.15) is 56.8 Å². The van der Waals surface area contributed by atoms with E-state index >= 15 is 0 Å². The smallest absolute Gasteiger partial charge is 0.251 e. The number of guanidine groups is 1. The third-order valence-corrected chi connectivity index (χ3v) is 4.82. The SMILES string of the molecule is CCNC(=NCCNC(=O)c1ccc(O)cc1)NC1CCC(C)(C)CC1. The van der Waals surface area contributed by atoms with Gasteiger partial charge in [0.2, 0.25) is 0 Å². The van der Waals surface area contributed by atoms with E-state index in [1.807, 2.05) is 6.92 Å². The maximum atomic E-state index is 12.0. The number of hydrogen-bond donors (Lipinski definition) is 4. The zero-order valence-electron chi connectivity index (χ0n) is 16.1. The molecule has 2 rings (SSSR count). The summed E-state index contributed by atoms with van der Waals surface area (Å²) in [4.78, 5) is 16.6. The highest BCUT2D eigenvalue weighted by Crippen LogP contribution is 2.34. The molecule has 0 saturated heterocycles. The molecule has 1 aliphatic carbocycles. The minimum absolute atomic E-state index is 0.151. The quantitative estimate of drug-likeness (QED) is 0.357. The summed E-state index contributed by atoms with van der Waals surface area (Å²) in [6, 6.07) is 6.68. The summed E-state index contributed by atoms with van der Waals surface area (Å²) >= 11 is 0. The predicted molar refractivity (Wildman–Crippen MR) is 106 cm³/mol. The zero-order valence-corrected chi connectivity index (χ0v) is 16.1. The lowest BCUT2D eigenvalue weighted by atomic mass is 9.75. The maximum absolute atomic E-state index is 12.0. The number of amides is 1. The first kappa shape index (κ1) is 20.1. The van der Waals surface area contributed by atoms with Gasteiger partial charge in [-0.05, 0) is 62.3 Å². The molecule has 1 aliphatic rings. The molecular weight excluding hydrogens is 328 g/mol. The predicted octanol–water partition coefficient (Wildman–Crippen LogP) is 2.65. The van der Waals surface area contributed by atoms with Gasteiger partial charge in [-0.15, -0.1) is 0 Å². The van der Waals surface area contributed by atoms with Gasteiger partial charge in [0, 0.05) is 24.7 Å². The third-order valence-electron chi connectivity index (χ3n) is 4.82. The third kappa shape index (κ3) is 6.58. The van der Waals surface area contributed by atoms with Crippen LogP contribution in [0.2, 0.25) is 0 Å².